The number of rotatable bonds is 3. The fourth-order valence-corrected chi connectivity index (χ4v) is 4.43. The summed E-state index contributed by atoms with van der Waals surface area (Å²) in [6, 6.07) is 2.06. The number of carbonyl (C=O) groups excluding carboxylic acids is 2. The molecule has 0 N–H and O–H groups in total. The fraction of sp³-hybridized carbons (Fsp3) is 0.625. The minimum Gasteiger partial charge on any atom is -0.466 e. The minimum absolute atomic E-state index is 0.0865. The molecule has 1 aromatic heterocycles. The highest BCUT2D eigenvalue weighted by atomic mass is 32.1. The first-order valence-electron chi connectivity index (χ1n) is 7.76. The van der Waals surface area contributed by atoms with Crippen molar-refractivity contribution >= 4 is 23.2 Å². The molecule has 114 valence electrons. The fourth-order valence-electron chi connectivity index (χ4n) is 3.20. The molecule has 2 aliphatic rings. The lowest BCUT2D eigenvalue weighted by atomic mass is 9.98. The second-order valence-corrected chi connectivity index (χ2v) is 6.89. The largest absolute Gasteiger partial charge is 0.466 e. The van der Waals surface area contributed by atoms with E-state index in [9.17, 15) is 9.59 Å². The molecule has 1 aromatic rings. The van der Waals surface area contributed by atoms with Gasteiger partial charge in [-0.3, -0.25) is 9.59 Å². The zero-order valence-corrected chi connectivity index (χ0v) is 13.2. The Morgan fingerprint density at radius 1 is 1.38 bits per heavy atom. The molecule has 1 aliphatic heterocycles. The molecule has 1 fully saturated rings. The van der Waals surface area contributed by atoms with Gasteiger partial charge < -0.3 is 9.64 Å². The van der Waals surface area contributed by atoms with Crippen molar-refractivity contribution in [2.75, 3.05) is 19.7 Å². The number of amides is 1. The van der Waals surface area contributed by atoms with Crippen molar-refractivity contribution < 1.29 is 14.3 Å². The van der Waals surface area contributed by atoms with Crippen LogP contribution in [0.15, 0.2) is 6.07 Å². The highest BCUT2D eigenvalue weighted by Gasteiger charge is 2.31. The van der Waals surface area contributed by atoms with E-state index < -0.39 is 0 Å². The molecule has 1 amide bonds. The number of esters is 1. The van der Waals surface area contributed by atoms with Crippen LogP contribution in [0.25, 0.3) is 0 Å². The predicted molar refractivity (Wildman–Crippen MR) is 81.6 cm³/mol. The zero-order chi connectivity index (χ0) is 14.8. The van der Waals surface area contributed by atoms with Gasteiger partial charge in [-0.15, -0.1) is 11.3 Å². The van der Waals surface area contributed by atoms with Gasteiger partial charge in [0.15, 0.2) is 0 Å². The predicted octanol–water partition coefficient (Wildman–Crippen LogP) is 2.65. The lowest BCUT2D eigenvalue weighted by Crippen LogP contribution is -2.42. The molecule has 5 heteroatoms. The monoisotopic (exact) mass is 307 g/mol. The Bertz CT molecular complexity index is 530. The third-order valence-electron chi connectivity index (χ3n) is 4.29. The van der Waals surface area contributed by atoms with Crippen LogP contribution >= 0.6 is 11.3 Å². The van der Waals surface area contributed by atoms with E-state index in [0.717, 1.165) is 37.1 Å². The van der Waals surface area contributed by atoms with Crippen molar-refractivity contribution in [2.24, 2.45) is 5.92 Å². The van der Waals surface area contributed by atoms with Gasteiger partial charge in [0.2, 0.25) is 0 Å². The van der Waals surface area contributed by atoms with Gasteiger partial charge in [-0.25, -0.2) is 0 Å². The van der Waals surface area contributed by atoms with E-state index in [2.05, 4.69) is 6.07 Å². The summed E-state index contributed by atoms with van der Waals surface area (Å²) in [5.74, 6) is -0.235. The second-order valence-electron chi connectivity index (χ2n) is 5.75. The quantitative estimate of drug-likeness (QED) is 0.807. The normalized spacial score (nSPS) is 21.2. The summed E-state index contributed by atoms with van der Waals surface area (Å²) >= 11 is 1.64. The van der Waals surface area contributed by atoms with Gasteiger partial charge >= 0.3 is 5.97 Å². The van der Waals surface area contributed by atoms with Gasteiger partial charge in [-0.2, -0.15) is 0 Å². The zero-order valence-electron chi connectivity index (χ0n) is 12.4. The molecule has 0 saturated carbocycles. The van der Waals surface area contributed by atoms with Crippen LogP contribution in [-0.4, -0.2) is 36.5 Å². The number of hydrogen-bond acceptors (Lipinski definition) is 4. The highest BCUT2D eigenvalue weighted by molar-refractivity contribution is 7.14. The lowest BCUT2D eigenvalue weighted by molar-refractivity contribution is -0.149. The standard InChI is InChI=1S/C16H21NO3S/c1-2-20-16(19)12-6-4-8-17(10-12)15(18)14-9-11-5-3-7-13(11)21-14/h9,12H,2-8,10H2,1H3. The van der Waals surface area contributed by atoms with E-state index in [1.807, 2.05) is 11.8 Å². The van der Waals surface area contributed by atoms with Crippen LogP contribution < -0.4 is 0 Å². The number of piperidine rings is 1. The number of likely N-dealkylation sites (tertiary alicyclic amines) is 1. The third-order valence-corrected chi connectivity index (χ3v) is 5.51. The van der Waals surface area contributed by atoms with Crippen molar-refractivity contribution in [3.63, 3.8) is 0 Å². The third kappa shape index (κ3) is 2.98. The minimum atomic E-state index is -0.163. The Morgan fingerprint density at radius 3 is 3.00 bits per heavy atom. The Balaban J connectivity index is 1.67. The number of ether oxygens (including phenoxy) is 1. The van der Waals surface area contributed by atoms with Crippen molar-refractivity contribution in [3.8, 4) is 0 Å². The summed E-state index contributed by atoms with van der Waals surface area (Å²) in [5.41, 5.74) is 1.35. The summed E-state index contributed by atoms with van der Waals surface area (Å²) in [4.78, 5) is 28.5. The van der Waals surface area contributed by atoms with E-state index in [1.165, 1.54) is 16.9 Å². The molecule has 1 saturated heterocycles. The topological polar surface area (TPSA) is 46.6 Å². The van der Waals surface area contributed by atoms with Crippen LogP contribution in [0.2, 0.25) is 0 Å². The molecule has 0 bridgehead atoms. The summed E-state index contributed by atoms with van der Waals surface area (Å²) in [5, 5.41) is 0. The van der Waals surface area contributed by atoms with Gasteiger partial charge in [-0.05, 0) is 50.7 Å². The van der Waals surface area contributed by atoms with Gasteiger partial charge in [0.1, 0.15) is 0 Å². The molecule has 0 spiro atoms. The molecule has 4 nitrogen and oxygen atoms in total. The first kappa shape index (κ1) is 14.6. The molecule has 2 heterocycles. The van der Waals surface area contributed by atoms with Gasteiger partial charge in [0.25, 0.3) is 5.91 Å². The molecule has 1 unspecified atom stereocenters. The Hall–Kier alpha value is -1.36. The van der Waals surface area contributed by atoms with Gasteiger partial charge in [0, 0.05) is 18.0 Å². The Morgan fingerprint density at radius 2 is 2.24 bits per heavy atom. The van der Waals surface area contributed by atoms with Crippen LogP contribution in [-0.2, 0) is 22.4 Å². The lowest BCUT2D eigenvalue weighted by Gasteiger charge is -2.31. The van der Waals surface area contributed by atoms with Crippen molar-refractivity contribution in [1.29, 1.82) is 0 Å². The van der Waals surface area contributed by atoms with E-state index in [1.54, 1.807) is 11.3 Å². The summed E-state index contributed by atoms with van der Waals surface area (Å²) < 4.78 is 5.09. The molecule has 21 heavy (non-hydrogen) atoms. The Labute approximate surface area is 129 Å². The van der Waals surface area contributed by atoms with Crippen molar-refractivity contribution in [2.45, 2.75) is 39.0 Å². The maximum absolute atomic E-state index is 12.6. The van der Waals surface area contributed by atoms with E-state index in [-0.39, 0.29) is 17.8 Å². The number of fused-ring (bicyclic) bond motifs is 1. The highest BCUT2D eigenvalue weighted by Crippen LogP contribution is 2.32. The van der Waals surface area contributed by atoms with E-state index in [4.69, 9.17) is 4.74 Å². The van der Waals surface area contributed by atoms with Crippen LogP contribution in [0.1, 0.15) is 46.3 Å². The summed E-state index contributed by atoms with van der Waals surface area (Å²) in [6.45, 7) is 3.47. The molecule has 3 rings (SSSR count). The SMILES string of the molecule is CCOC(=O)C1CCCN(C(=O)c2cc3c(s2)CCC3)C1. The van der Waals surface area contributed by atoms with E-state index in [0.29, 0.717) is 13.2 Å². The molecule has 1 atom stereocenters. The maximum atomic E-state index is 12.6. The van der Waals surface area contributed by atoms with Gasteiger partial charge in [0.05, 0.1) is 17.4 Å². The smallest absolute Gasteiger partial charge is 0.310 e. The van der Waals surface area contributed by atoms with Crippen LogP contribution in [0.5, 0.6) is 0 Å². The van der Waals surface area contributed by atoms with Crippen molar-refractivity contribution in [1.82, 2.24) is 4.90 Å². The van der Waals surface area contributed by atoms with Crippen LogP contribution in [0.4, 0.5) is 0 Å². The number of aryl methyl sites for hydroxylation is 2. The summed E-state index contributed by atoms with van der Waals surface area (Å²) in [7, 11) is 0. The first-order chi connectivity index (χ1) is 10.2. The second kappa shape index (κ2) is 6.18. The average Bonchev–Trinajstić information content (AvgIpc) is 3.08. The number of carbonyl (C=O) groups is 2. The molecule has 0 aromatic carbocycles. The first-order valence-corrected chi connectivity index (χ1v) is 8.58. The molecule has 0 radical (unpaired) electrons. The molecular weight excluding hydrogens is 286 g/mol. The number of nitrogens with zero attached hydrogens (tertiary/aromatic N) is 1. The number of thiophene rings is 1. The van der Waals surface area contributed by atoms with E-state index >= 15 is 0 Å². The van der Waals surface area contributed by atoms with Gasteiger partial charge in [-0.1, -0.05) is 0 Å². The van der Waals surface area contributed by atoms with Crippen LogP contribution in [0.3, 0.4) is 0 Å². The van der Waals surface area contributed by atoms with Crippen molar-refractivity contribution in [3.05, 3.63) is 21.4 Å². The number of hydrogen-bond donors (Lipinski definition) is 0. The van der Waals surface area contributed by atoms with Crippen LogP contribution in [0, 0.1) is 5.92 Å². The maximum Gasteiger partial charge on any atom is 0.310 e. The Kier molecular flexibility index (Phi) is 4.29. The molecule has 1 aliphatic carbocycles. The molecular formula is C16H21NO3S. The summed E-state index contributed by atoms with van der Waals surface area (Å²) in [6.07, 6.45) is 5.12. The average molecular weight is 307 g/mol.